The lowest BCUT2D eigenvalue weighted by molar-refractivity contribution is 0.0593. The number of hydrogen-bond donors (Lipinski definition) is 1. The van der Waals surface area contributed by atoms with Crippen LogP contribution >= 0.6 is 0 Å². The summed E-state index contributed by atoms with van der Waals surface area (Å²) < 4.78 is 4.62. The molecule has 0 spiro atoms. The van der Waals surface area contributed by atoms with Gasteiger partial charge in [-0.3, -0.25) is 0 Å². The van der Waals surface area contributed by atoms with Crippen molar-refractivity contribution >= 4 is 5.97 Å². The number of carbonyl (C=O) groups excluding carboxylic acids is 1. The van der Waals surface area contributed by atoms with Crippen LogP contribution in [0.2, 0.25) is 0 Å². The summed E-state index contributed by atoms with van der Waals surface area (Å²) in [5, 5.41) is 0. The molecule has 0 atom stereocenters. The van der Waals surface area contributed by atoms with Gasteiger partial charge >= 0.3 is 5.97 Å². The van der Waals surface area contributed by atoms with Gasteiger partial charge in [0.25, 0.3) is 0 Å². The van der Waals surface area contributed by atoms with Crippen LogP contribution < -0.4 is 0 Å². The number of esters is 1. The van der Waals surface area contributed by atoms with E-state index in [9.17, 15) is 4.79 Å². The summed E-state index contributed by atoms with van der Waals surface area (Å²) in [5.41, 5.74) is 2.73. The number of hydrogen-bond acceptors (Lipinski definition) is 2. The van der Waals surface area contributed by atoms with Crippen molar-refractivity contribution in [3.05, 3.63) is 23.0 Å². The van der Waals surface area contributed by atoms with Crippen molar-refractivity contribution in [3.8, 4) is 0 Å². The monoisotopic (exact) mass is 167 g/mol. The molecule has 1 heterocycles. The zero-order valence-electron chi connectivity index (χ0n) is 7.60. The largest absolute Gasteiger partial charge is 0.464 e. The summed E-state index contributed by atoms with van der Waals surface area (Å²) in [7, 11) is 1.39. The maximum atomic E-state index is 11.2. The van der Waals surface area contributed by atoms with E-state index in [1.54, 1.807) is 0 Å². The topological polar surface area (TPSA) is 42.1 Å². The van der Waals surface area contributed by atoms with E-state index in [0.29, 0.717) is 5.69 Å². The second kappa shape index (κ2) is 3.43. The standard InChI is InChI=1S/C9H13NO2/c1-4-7-6(2)5-10-8(7)9(11)12-3/h5,10H,4H2,1-3H3. The minimum absolute atomic E-state index is 0.292. The zero-order valence-corrected chi connectivity index (χ0v) is 7.60. The molecule has 0 aliphatic rings. The number of ether oxygens (including phenoxy) is 1. The van der Waals surface area contributed by atoms with Gasteiger partial charge in [0.1, 0.15) is 5.69 Å². The maximum Gasteiger partial charge on any atom is 0.354 e. The first-order chi connectivity index (χ1) is 5.70. The molecule has 0 amide bonds. The number of aryl methyl sites for hydroxylation is 1. The quantitative estimate of drug-likeness (QED) is 0.681. The van der Waals surface area contributed by atoms with Gasteiger partial charge in [-0.2, -0.15) is 0 Å². The normalized spacial score (nSPS) is 9.92. The molecule has 0 saturated carbocycles. The highest BCUT2D eigenvalue weighted by Gasteiger charge is 2.13. The lowest BCUT2D eigenvalue weighted by Crippen LogP contribution is -2.04. The van der Waals surface area contributed by atoms with Gasteiger partial charge in [-0.1, -0.05) is 6.92 Å². The second-order valence-corrected chi connectivity index (χ2v) is 2.67. The molecule has 3 nitrogen and oxygen atoms in total. The molecule has 1 aromatic rings. The van der Waals surface area contributed by atoms with Crippen molar-refractivity contribution in [1.29, 1.82) is 0 Å². The number of aromatic amines is 1. The van der Waals surface area contributed by atoms with Crippen molar-refractivity contribution in [2.45, 2.75) is 20.3 Å². The molecule has 0 saturated heterocycles. The Balaban J connectivity index is 3.07. The molecule has 0 radical (unpaired) electrons. The first kappa shape index (κ1) is 8.84. The third-order valence-electron chi connectivity index (χ3n) is 1.95. The van der Waals surface area contributed by atoms with E-state index in [4.69, 9.17) is 0 Å². The van der Waals surface area contributed by atoms with Gasteiger partial charge in [0, 0.05) is 6.20 Å². The molecule has 0 fully saturated rings. The minimum Gasteiger partial charge on any atom is -0.464 e. The number of carbonyl (C=O) groups is 1. The molecule has 0 aromatic carbocycles. The molecule has 1 rings (SSSR count). The van der Waals surface area contributed by atoms with Gasteiger partial charge in [-0.25, -0.2) is 4.79 Å². The van der Waals surface area contributed by atoms with E-state index >= 15 is 0 Å². The lowest BCUT2D eigenvalue weighted by atomic mass is 10.1. The molecule has 0 bridgehead atoms. The van der Waals surface area contributed by atoms with Crippen molar-refractivity contribution in [2.24, 2.45) is 0 Å². The summed E-state index contributed by atoms with van der Waals surface area (Å²) in [6.45, 7) is 3.99. The zero-order chi connectivity index (χ0) is 9.14. The van der Waals surface area contributed by atoms with E-state index in [0.717, 1.165) is 17.5 Å². The van der Waals surface area contributed by atoms with Crippen molar-refractivity contribution in [1.82, 2.24) is 4.98 Å². The van der Waals surface area contributed by atoms with Crippen LogP contribution in [0.1, 0.15) is 28.5 Å². The fourth-order valence-corrected chi connectivity index (χ4v) is 1.29. The highest BCUT2D eigenvalue weighted by molar-refractivity contribution is 5.89. The van der Waals surface area contributed by atoms with Crippen molar-refractivity contribution in [3.63, 3.8) is 0 Å². The van der Waals surface area contributed by atoms with E-state index < -0.39 is 0 Å². The fourth-order valence-electron chi connectivity index (χ4n) is 1.29. The van der Waals surface area contributed by atoms with Crippen LogP contribution in [0.4, 0.5) is 0 Å². The smallest absolute Gasteiger partial charge is 0.354 e. The molecular weight excluding hydrogens is 154 g/mol. The molecule has 1 aromatic heterocycles. The molecule has 12 heavy (non-hydrogen) atoms. The third kappa shape index (κ3) is 1.35. The lowest BCUT2D eigenvalue weighted by Gasteiger charge is -1.99. The molecule has 3 heteroatoms. The molecule has 0 unspecified atom stereocenters. The van der Waals surface area contributed by atoms with Crippen LogP contribution in [-0.4, -0.2) is 18.1 Å². The average molecular weight is 167 g/mol. The predicted octanol–water partition coefficient (Wildman–Crippen LogP) is 1.67. The van der Waals surface area contributed by atoms with Crippen LogP contribution in [0.15, 0.2) is 6.20 Å². The Morgan fingerprint density at radius 3 is 2.83 bits per heavy atom. The van der Waals surface area contributed by atoms with E-state index in [2.05, 4.69) is 9.72 Å². The Morgan fingerprint density at radius 1 is 1.67 bits per heavy atom. The molecular formula is C9H13NO2. The second-order valence-electron chi connectivity index (χ2n) is 2.67. The van der Waals surface area contributed by atoms with E-state index in [-0.39, 0.29) is 5.97 Å². The Hall–Kier alpha value is -1.25. The van der Waals surface area contributed by atoms with Gasteiger partial charge < -0.3 is 9.72 Å². The van der Waals surface area contributed by atoms with Gasteiger partial charge in [0.2, 0.25) is 0 Å². The summed E-state index contributed by atoms with van der Waals surface area (Å²) >= 11 is 0. The number of nitrogens with one attached hydrogen (secondary N) is 1. The van der Waals surface area contributed by atoms with Crippen molar-refractivity contribution in [2.75, 3.05) is 7.11 Å². The average Bonchev–Trinajstić information content (AvgIpc) is 2.45. The summed E-state index contributed by atoms with van der Waals surface area (Å²) in [6.07, 6.45) is 2.67. The third-order valence-corrected chi connectivity index (χ3v) is 1.95. The fraction of sp³-hybridized carbons (Fsp3) is 0.444. The van der Waals surface area contributed by atoms with Crippen LogP contribution in [0.5, 0.6) is 0 Å². The van der Waals surface area contributed by atoms with E-state index in [1.807, 2.05) is 20.0 Å². The van der Waals surface area contributed by atoms with Crippen LogP contribution in [-0.2, 0) is 11.2 Å². The first-order valence-electron chi connectivity index (χ1n) is 3.95. The molecule has 66 valence electrons. The van der Waals surface area contributed by atoms with Gasteiger partial charge in [-0.05, 0) is 24.5 Å². The van der Waals surface area contributed by atoms with Gasteiger partial charge in [0.15, 0.2) is 0 Å². The Morgan fingerprint density at radius 2 is 2.33 bits per heavy atom. The summed E-state index contributed by atoms with van der Waals surface area (Å²) in [6, 6.07) is 0. The van der Waals surface area contributed by atoms with Crippen LogP contribution in [0.25, 0.3) is 0 Å². The van der Waals surface area contributed by atoms with Gasteiger partial charge in [0.05, 0.1) is 7.11 Å². The maximum absolute atomic E-state index is 11.2. The highest BCUT2D eigenvalue weighted by atomic mass is 16.5. The van der Waals surface area contributed by atoms with Crippen molar-refractivity contribution < 1.29 is 9.53 Å². The van der Waals surface area contributed by atoms with Crippen LogP contribution in [0, 0.1) is 6.92 Å². The Labute approximate surface area is 71.7 Å². The summed E-state index contributed by atoms with van der Waals surface area (Å²) in [5.74, 6) is -0.292. The summed E-state index contributed by atoms with van der Waals surface area (Å²) in [4.78, 5) is 14.1. The molecule has 0 aliphatic carbocycles. The SMILES string of the molecule is CCc1c(C)c[nH]c1C(=O)OC. The predicted molar refractivity (Wildman–Crippen MR) is 46.2 cm³/mol. The number of aromatic nitrogens is 1. The number of H-pyrrole nitrogens is 1. The molecule has 1 N–H and O–H groups in total. The number of methoxy groups -OCH3 is 1. The van der Waals surface area contributed by atoms with E-state index in [1.165, 1.54) is 7.11 Å². The first-order valence-corrected chi connectivity index (χ1v) is 3.95. The Bertz CT molecular complexity index is 289. The Kier molecular flexibility index (Phi) is 2.53. The molecule has 0 aliphatic heterocycles. The van der Waals surface area contributed by atoms with Gasteiger partial charge in [-0.15, -0.1) is 0 Å². The number of rotatable bonds is 2. The highest BCUT2D eigenvalue weighted by Crippen LogP contribution is 2.14. The minimum atomic E-state index is -0.292. The van der Waals surface area contributed by atoms with Crippen LogP contribution in [0.3, 0.4) is 0 Å².